The van der Waals surface area contributed by atoms with E-state index in [1.54, 1.807) is 23.3 Å². The Balaban J connectivity index is 2.01. The Morgan fingerprint density at radius 3 is 2.67 bits per heavy atom. The number of rotatable bonds is 5. The molecule has 5 heteroatoms. The van der Waals surface area contributed by atoms with Gasteiger partial charge in [-0.3, -0.25) is 9.59 Å². The van der Waals surface area contributed by atoms with E-state index in [0.717, 1.165) is 6.42 Å². The van der Waals surface area contributed by atoms with Gasteiger partial charge in [0.1, 0.15) is 5.41 Å². The summed E-state index contributed by atoms with van der Waals surface area (Å²) in [6, 6.07) is 4.03. The first kappa shape index (κ1) is 13.1. The van der Waals surface area contributed by atoms with E-state index in [2.05, 4.69) is 0 Å². The summed E-state index contributed by atoms with van der Waals surface area (Å²) in [5.74, 6) is -1.23. The molecule has 4 nitrogen and oxygen atoms in total. The van der Waals surface area contributed by atoms with Crippen molar-refractivity contribution in [2.24, 2.45) is 5.41 Å². The molecule has 98 valence electrons. The van der Waals surface area contributed by atoms with Gasteiger partial charge in [0.05, 0.1) is 0 Å². The highest BCUT2D eigenvalue weighted by Gasteiger charge is 2.58. The normalized spacial score (nSPS) is 18.1. The van der Waals surface area contributed by atoms with Crippen LogP contribution in [0.4, 0.5) is 0 Å². The van der Waals surface area contributed by atoms with Crippen LogP contribution < -0.4 is 0 Å². The van der Waals surface area contributed by atoms with Gasteiger partial charge in [0, 0.05) is 24.4 Å². The molecule has 0 aromatic carbocycles. The fraction of sp³-hybridized carbons (Fsp3) is 0.538. The molecule has 1 unspecified atom stereocenters. The number of carbonyl (C=O) groups is 2. The van der Waals surface area contributed by atoms with Crippen molar-refractivity contribution in [2.45, 2.75) is 32.2 Å². The second-order valence-corrected chi connectivity index (χ2v) is 5.97. The topological polar surface area (TPSA) is 57.6 Å². The zero-order valence-electron chi connectivity index (χ0n) is 10.5. The molecule has 0 aliphatic heterocycles. The molecule has 1 amide bonds. The second-order valence-electron chi connectivity index (χ2n) is 4.94. The Kier molecular flexibility index (Phi) is 3.43. The lowest BCUT2D eigenvalue weighted by molar-refractivity contribution is -0.153. The summed E-state index contributed by atoms with van der Waals surface area (Å²) in [6.07, 6.45) is 1.71. The highest BCUT2D eigenvalue weighted by Crippen LogP contribution is 2.47. The van der Waals surface area contributed by atoms with Crippen molar-refractivity contribution in [3.05, 3.63) is 22.4 Å². The molecule has 1 fully saturated rings. The van der Waals surface area contributed by atoms with Gasteiger partial charge >= 0.3 is 5.97 Å². The third-order valence-electron chi connectivity index (χ3n) is 3.63. The second kappa shape index (κ2) is 4.72. The monoisotopic (exact) mass is 267 g/mol. The lowest BCUT2D eigenvalue weighted by Crippen LogP contribution is -2.43. The molecular weight excluding hydrogens is 250 g/mol. The zero-order valence-corrected chi connectivity index (χ0v) is 11.4. The van der Waals surface area contributed by atoms with Crippen molar-refractivity contribution >= 4 is 23.2 Å². The van der Waals surface area contributed by atoms with Gasteiger partial charge < -0.3 is 10.0 Å². The van der Waals surface area contributed by atoms with E-state index in [1.165, 1.54) is 4.88 Å². The molecular formula is C13H17NO3S. The van der Waals surface area contributed by atoms with Crippen LogP contribution in [0, 0.1) is 5.41 Å². The number of amides is 1. The van der Waals surface area contributed by atoms with Crippen molar-refractivity contribution in [3.63, 3.8) is 0 Å². The van der Waals surface area contributed by atoms with Crippen molar-refractivity contribution < 1.29 is 14.7 Å². The SMILES string of the molecule is CC(Cc1cccs1)N(C)C(=O)C1(C(=O)O)CC1. The zero-order chi connectivity index (χ0) is 13.3. The summed E-state index contributed by atoms with van der Waals surface area (Å²) >= 11 is 1.66. The van der Waals surface area contributed by atoms with Crippen LogP contribution in [0.2, 0.25) is 0 Å². The Bertz CT molecular complexity index is 451. The predicted molar refractivity (Wildman–Crippen MR) is 69.6 cm³/mol. The smallest absolute Gasteiger partial charge is 0.319 e. The number of likely N-dealkylation sites (N-methyl/N-ethyl adjacent to an activating group) is 1. The number of carboxylic acid groups (broad SMARTS) is 1. The van der Waals surface area contributed by atoms with Gasteiger partial charge in [-0.15, -0.1) is 11.3 Å². The van der Waals surface area contributed by atoms with Crippen molar-refractivity contribution in [2.75, 3.05) is 7.05 Å². The van der Waals surface area contributed by atoms with Crippen LogP contribution >= 0.6 is 11.3 Å². The van der Waals surface area contributed by atoms with E-state index < -0.39 is 11.4 Å². The van der Waals surface area contributed by atoms with E-state index in [0.29, 0.717) is 12.8 Å². The molecule has 0 radical (unpaired) electrons. The van der Waals surface area contributed by atoms with Crippen LogP contribution in [0.25, 0.3) is 0 Å². The van der Waals surface area contributed by atoms with Gasteiger partial charge in [0.25, 0.3) is 0 Å². The van der Waals surface area contributed by atoms with Crippen LogP contribution in [0.3, 0.4) is 0 Å². The van der Waals surface area contributed by atoms with Gasteiger partial charge in [0.15, 0.2) is 0 Å². The standard InChI is InChI=1S/C13H17NO3S/c1-9(8-10-4-3-7-18-10)14(2)11(15)13(5-6-13)12(16)17/h3-4,7,9H,5-6,8H2,1-2H3,(H,16,17). The van der Waals surface area contributed by atoms with Crippen LogP contribution in [0.1, 0.15) is 24.6 Å². The maximum absolute atomic E-state index is 12.2. The van der Waals surface area contributed by atoms with Crippen LogP contribution in [0.15, 0.2) is 17.5 Å². The van der Waals surface area contributed by atoms with Crippen molar-refractivity contribution in [1.82, 2.24) is 4.90 Å². The lowest BCUT2D eigenvalue weighted by atomic mass is 10.0. The summed E-state index contributed by atoms with van der Waals surface area (Å²) in [7, 11) is 1.70. The Hall–Kier alpha value is -1.36. The number of carbonyl (C=O) groups excluding carboxylic acids is 1. The Morgan fingerprint density at radius 1 is 1.56 bits per heavy atom. The first-order chi connectivity index (χ1) is 8.47. The summed E-state index contributed by atoms with van der Waals surface area (Å²) in [5.41, 5.74) is -1.13. The molecule has 2 rings (SSSR count). The van der Waals surface area contributed by atoms with E-state index in [9.17, 15) is 9.59 Å². The number of thiophene rings is 1. The third kappa shape index (κ3) is 2.27. The van der Waals surface area contributed by atoms with E-state index in [1.807, 2.05) is 24.4 Å². The minimum Gasteiger partial charge on any atom is -0.480 e. The molecule has 1 aromatic heterocycles. The fourth-order valence-corrected chi connectivity index (χ4v) is 2.87. The predicted octanol–water partition coefficient (Wildman–Crippen LogP) is 2.00. The van der Waals surface area contributed by atoms with Crippen molar-refractivity contribution in [3.8, 4) is 0 Å². The van der Waals surface area contributed by atoms with E-state index in [-0.39, 0.29) is 11.9 Å². The molecule has 18 heavy (non-hydrogen) atoms. The summed E-state index contributed by atoms with van der Waals surface area (Å²) in [6.45, 7) is 1.95. The molecule has 0 spiro atoms. The summed E-state index contributed by atoms with van der Waals surface area (Å²) in [4.78, 5) is 26.1. The van der Waals surface area contributed by atoms with Gasteiger partial charge in [-0.2, -0.15) is 0 Å². The number of hydrogen-bond acceptors (Lipinski definition) is 3. The molecule has 1 N–H and O–H groups in total. The molecule has 1 aliphatic rings. The van der Waals surface area contributed by atoms with Crippen molar-refractivity contribution in [1.29, 1.82) is 0 Å². The first-order valence-corrected chi connectivity index (χ1v) is 6.88. The number of nitrogens with zero attached hydrogens (tertiary/aromatic N) is 1. The Labute approximate surface area is 110 Å². The molecule has 1 aromatic rings. The van der Waals surface area contributed by atoms with E-state index >= 15 is 0 Å². The largest absolute Gasteiger partial charge is 0.480 e. The quantitative estimate of drug-likeness (QED) is 0.830. The molecule has 1 saturated carbocycles. The van der Waals surface area contributed by atoms with Gasteiger partial charge in [-0.25, -0.2) is 0 Å². The number of aliphatic carboxylic acids is 1. The van der Waals surface area contributed by atoms with Gasteiger partial charge in [-0.1, -0.05) is 6.07 Å². The molecule has 1 atom stereocenters. The van der Waals surface area contributed by atoms with Crippen LogP contribution in [-0.2, 0) is 16.0 Å². The molecule has 1 heterocycles. The maximum atomic E-state index is 12.2. The number of carboxylic acids is 1. The molecule has 0 saturated heterocycles. The van der Waals surface area contributed by atoms with Gasteiger partial charge in [-0.05, 0) is 31.2 Å². The van der Waals surface area contributed by atoms with Crippen LogP contribution in [0.5, 0.6) is 0 Å². The molecule has 0 bridgehead atoms. The van der Waals surface area contributed by atoms with Crippen LogP contribution in [-0.4, -0.2) is 35.0 Å². The lowest BCUT2D eigenvalue weighted by Gasteiger charge is -2.27. The average Bonchev–Trinajstić information content (AvgIpc) is 3.01. The highest BCUT2D eigenvalue weighted by molar-refractivity contribution is 7.09. The minimum atomic E-state index is -1.13. The maximum Gasteiger partial charge on any atom is 0.319 e. The van der Waals surface area contributed by atoms with E-state index in [4.69, 9.17) is 5.11 Å². The highest BCUT2D eigenvalue weighted by atomic mass is 32.1. The minimum absolute atomic E-state index is 0.0213. The first-order valence-electron chi connectivity index (χ1n) is 6.00. The van der Waals surface area contributed by atoms with Gasteiger partial charge in [0.2, 0.25) is 5.91 Å². The fourth-order valence-electron chi connectivity index (χ4n) is 2.04. The summed E-state index contributed by atoms with van der Waals surface area (Å²) < 4.78 is 0. The number of hydrogen-bond donors (Lipinski definition) is 1. The average molecular weight is 267 g/mol. The summed E-state index contributed by atoms with van der Waals surface area (Å²) in [5, 5.41) is 11.1. The molecule has 1 aliphatic carbocycles. The Morgan fingerprint density at radius 2 is 2.22 bits per heavy atom. The third-order valence-corrected chi connectivity index (χ3v) is 4.53.